The summed E-state index contributed by atoms with van der Waals surface area (Å²) in [5.41, 5.74) is -0.676. The zero-order valence-electron chi connectivity index (χ0n) is 11.5. The van der Waals surface area contributed by atoms with Crippen LogP contribution in [0.2, 0.25) is 0 Å². The summed E-state index contributed by atoms with van der Waals surface area (Å²) in [5, 5.41) is 0. The SMILES string of the molecule is C=C1C=C(c2ccccc2)OC1(C(C)=O)C(=O)OCC. The van der Waals surface area contributed by atoms with Crippen LogP contribution >= 0.6 is 0 Å². The highest BCUT2D eigenvalue weighted by atomic mass is 16.6. The summed E-state index contributed by atoms with van der Waals surface area (Å²) in [6, 6.07) is 9.24. The van der Waals surface area contributed by atoms with Crippen molar-refractivity contribution in [2.24, 2.45) is 0 Å². The van der Waals surface area contributed by atoms with Crippen LogP contribution in [-0.4, -0.2) is 24.0 Å². The number of hydrogen-bond acceptors (Lipinski definition) is 4. The average Bonchev–Trinajstić information content (AvgIpc) is 2.79. The largest absolute Gasteiger partial charge is 0.462 e. The molecule has 0 saturated heterocycles. The molecule has 0 radical (unpaired) electrons. The van der Waals surface area contributed by atoms with Crippen molar-refractivity contribution >= 4 is 17.5 Å². The maximum absolute atomic E-state index is 12.1. The van der Waals surface area contributed by atoms with E-state index in [4.69, 9.17) is 9.47 Å². The van der Waals surface area contributed by atoms with E-state index in [-0.39, 0.29) is 6.61 Å². The Morgan fingerprint density at radius 1 is 1.30 bits per heavy atom. The summed E-state index contributed by atoms with van der Waals surface area (Å²) >= 11 is 0. The number of rotatable bonds is 4. The maximum atomic E-state index is 12.1. The number of hydrogen-bond donors (Lipinski definition) is 0. The standard InChI is InChI=1S/C16H16O4/c1-4-19-15(18)16(12(3)17)11(2)10-14(20-16)13-8-6-5-7-9-13/h5-10H,2,4H2,1,3H3. The molecule has 4 nitrogen and oxygen atoms in total. The Bertz CT molecular complexity index is 586. The summed E-state index contributed by atoms with van der Waals surface area (Å²) in [5.74, 6) is -0.721. The number of ether oxygens (including phenoxy) is 2. The first-order valence-electron chi connectivity index (χ1n) is 6.36. The average molecular weight is 272 g/mol. The normalized spacial score (nSPS) is 21.1. The zero-order chi connectivity index (χ0) is 14.8. The molecule has 0 spiro atoms. The van der Waals surface area contributed by atoms with Gasteiger partial charge >= 0.3 is 5.97 Å². The molecule has 0 aromatic heterocycles. The van der Waals surface area contributed by atoms with Crippen LogP contribution < -0.4 is 0 Å². The Hall–Kier alpha value is -2.36. The molecule has 1 unspecified atom stereocenters. The van der Waals surface area contributed by atoms with Crippen LogP contribution in [-0.2, 0) is 19.1 Å². The maximum Gasteiger partial charge on any atom is 0.363 e. The highest BCUT2D eigenvalue weighted by Crippen LogP contribution is 2.38. The molecule has 1 aliphatic rings. The summed E-state index contributed by atoms with van der Waals surface area (Å²) in [7, 11) is 0. The van der Waals surface area contributed by atoms with E-state index in [2.05, 4.69) is 6.58 Å². The number of Topliss-reactive ketones (excluding diaryl/α,β-unsaturated/α-hetero) is 1. The minimum Gasteiger partial charge on any atom is -0.462 e. The second kappa shape index (κ2) is 5.33. The van der Waals surface area contributed by atoms with Crippen molar-refractivity contribution < 1.29 is 19.1 Å². The molecule has 0 fully saturated rings. The van der Waals surface area contributed by atoms with Crippen LogP contribution in [0.25, 0.3) is 5.76 Å². The van der Waals surface area contributed by atoms with Gasteiger partial charge in [0.25, 0.3) is 5.60 Å². The minimum absolute atomic E-state index is 0.172. The third-order valence-electron chi connectivity index (χ3n) is 3.14. The highest BCUT2D eigenvalue weighted by Gasteiger charge is 2.53. The van der Waals surface area contributed by atoms with E-state index < -0.39 is 17.4 Å². The molecule has 4 heteroatoms. The predicted octanol–water partition coefficient (Wildman–Crippen LogP) is 2.50. The first kappa shape index (κ1) is 14.1. The molecule has 0 saturated carbocycles. The molecule has 1 heterocycles. The van der Waals surface area contributed by atoms with Crippen molar-refractivity contribution in [3.05, 3.63) is 54.1 Å². The molecule has 1 aromatic rings. The van der Waals surface area contributed by atoms with Gasteiger partial charge in [-0.15, -0.1) is 0 Å². The molecule has 2 rings (SSSR count). The van der Waals surface area contributed by atoms with E-state index in [0.29, 0.717) is 11.3 Å². The van der Waals surface area contributed by atoms with Crippen molar-refractivity contribution in [1.29, 1.82) is 0 Å². The summed E-state index contributed by atoms with van der Waals surface area (Å²) in [6.07, 6.45) is 1.60. The van der Waals surface area contributed by atoms with Gasteiger partial charge in [-0.3, -0.25) is 4.79 Å². The second-order valence-electron chi connectivity index (χ2n) is 4.46. The van der Waals surface area contributed by atoms with Gasteiger partial charge in [-0.05, 0) is 19.9 Å². The lowest BCUT2D eigenvalue weighted by molar-refractivity contribution is -0.163. The van der Waals surface area contributed by atoms with Gasteiger partial charge < -0.3 is 9.47 Å². The third-order valence-corrected chi connectivity index (χ3v) is 3.14. The number of benzene rings is 1. The van der Waals surface area contributed by atoms with Gasteiger partial charge in [-0.2, -0.15) is 0 Å². The number of ketones is 1. The van der Waals surface area contributed by atoms with Gasteiger partial charge in [0.1, 0.15) is 5.76 Å². The molecule has 0 amide bonds. The van der Waals surface area contributed by atoms with Crippen LogP contribution in [0.4, 0.5) is 0 Å². The second-order valence-corrected chi connectivity index (χ2v) is 4.46. The molecule has 104 valence electrons. The van der Waals surface area contributed by atoms with Crippen molar-refractivity contribution in [3.8, 4) is 0 Å². The monoisotopic (exact) mass is 272 g/mol. The lowest BCUT2D eigenvalue weighted by atomic mass is 9.92. The molecule has 20 heavy (non-hydrogen) atoms. The molecule has 0 bridgehead atoms. The first-order chi connectivity index (χ1) is 9.52. The van der Waals surface area contributed by atoms with Crippen LogP contribution in [0.15, 0.2) is 48.6 Å². The Balaban J connectivity index is 2.38. The molecule has 0 N–H and O–H groups in total. The van der Waals surface area contributed by atoms with Crippen LogP contribution in [0.3, 0.4) is 0 Å². The number of carbonyl (C=O) groups excluding carboxylic acids is 2. The van der Waals surface area contributed by atoms with E-state index in [0.717, 1.165) is 5.56 Å². The zero-order valence-corrected chi connectivity index (χ0v) is 11.5. The fraction of sp³-hybridized carbons (Fsp3) is 0.250. The number of esters is 1. The molecule has 1 aromatic carbocycles. The van der Waals surface area contributed by atoms with Crippen molar-refractivity contribution in [2.45, 2.75) is 19.4 Å². The summed E-state index contributed by atoms with van der Waals surface area (Å²) < 4.78 is 10.6. The van der Waals surface area contributed by atoms with Crippen molar-refractivity contribution in [1.82, 2.24) is 0 Å². The van der Waals surface area contributed by atoms with E-state index in [1.165, 1.54) is 6.92 Å². The fourth-order valence-corrected chi connectivity index (χ4v) is 2.11. The molecule has 1 atom stereocenters. The topological polar surface area (TPSA) is 52.6 Å². The smallest absolute Gasteiger partial charge is 0.363 e. The van der Waals surface area contributed by atoms with Gasteiger partial charge in [-0.25, -0.2) is 4.79 Å². The highest BCUT2D eigenvalue weighted by molar-refractivity contribution is 6.12. The van der Waals surface area contributed by atoms with Crippen LogP contribution in [0, 0.1) is 0 Å². The lowest BCUT2D eigenvalue weighted by Crippen LogP contribution is -2.47. The predicted molar refractivity (Wildman–Crippen MR) is 74.7 cm³/mol. The number of carbonyl (C=O) groups is 2. The van der Waals surface area contributed by atoms with E-state index in [9.17, 15) is 9.59 Å². The molecular formula is C16H16O4. The molecular weight excluding hydrogens is 256 g/mol. The Morgan fingerprint density at radius 2 is 1.95 bits per heavy atom. The van der Waals surface area contributed by atoms with Gasteiger partial charge in [0.05, 0.1) is 6.61 Å². The fourth-order valence-electron chi connectivity index (χ4n) is 2.11. The Kier molecular flexibility index (Phi) is 3.74. The first-order valence-corrected chi connectivity index (χ1v) is 6.36. The molecule has 0 aliphatic carbocycles. The van der Waals surface area contributed by atoms with E-state index in [1.807, 2.05) is 30.3 Å². The van der Waals surface area contributed by atoms with Crippen LogP contribution in [0.5, 0.6) is 0 Å². The van der Waals surface area contributed by atoms with E-state index in [1.54, 1.807) is 13.0 Å². The van der Waals surface area contributed by atoms with Gasteiger partial charge in [-0.1, -0.05) is 36.9 Å². The summed E-state index contributed by atoms with van der Waals surface area (Å²) in [4.78, 5) is 24.1. The quantitative estimate of drug-likeness (QED) is 0.624. The van der Waals surface area contributed by atoms with Gasteiger partial charge in [0.2, 0.25) is 0 Å². The lowest BCUT2D eigenvalue weighted by Gasteiger charge is -2.25. The van der Waals surface area contributed by atoms with Crippen LogP contribution in [0.1, 0.15) is 19.4 Å². The van der Waals surface area contributed by atoms with Gasteiger partial charge in [0, 0.05) is 11.1 Å². The Morgan fingerprint density at radius 3 is 2.50 bits per heavy atom. The van der Waals surface area contributed by atoms with E-state index >= 15 is 0 Å². The van der Waals surface area contributed by atoms with Crippen molar-refractivity contribution in [2.75, 3.05) is 6.61 Å². The summed E-state index contributed by atoms with van der Waals surface area (Å²) in [6.45, 7) is 6.93. The molecule has 1 aliphatic heterocycles. The Labute approximate surface area is 117 Å². The van der Waals surface area contributed by atoms with Gasteiger partial charge in [0.15, 0.2) is 5.78 Å². The third kappa shape index (κ3) is 2.13. The minimum atomic E-state index is -1.75. The van der Waals surface area contributed by atoms with Crippen molar-refractivity contribution in [3.63, 3.8) is 0 Å².